The monoisotopic (exact) mass is 334 g/mol. The minimum absolute atomic E-state index is 0.189. The third-order valence-electron chi connectivity index (χ3n) is 5.02. The van der Waals surface area contributed by atoms with Gasteiger partial charge in [0.25, 0.3) is 0 Å². The Morgan fingerprint density at radius 2 is 1.44 bits per heavy atom. The normalized spacial score (nSPS) is 21.7. The SMILES string of the molecule is O=C(CN1C(=O)[C@H]2CC[C@H]2C1=O)Nc1ccc(-c2ccccc2)cc1. The highest BCUT2D eigenvalue weighted by Gasteiger charge is 2.52. The van der Waals surface area contributed by atoms with E-state index < -0.39 is 0 Å². The average Bonchev–Trinajstić information content (AvgIpc) is 2.74. The van der Waals surface area contributed by atoms with Crippen molar-refractivity contribution in [3.63, 3.8) is 0 Å². The lowest BCUT2D eigenvalue weighted by Crippen LogP contribution is -2.37. The van der Waals surface area contributed by atoms with E-state index in [9.17, 15) is 14.4 Å². The molecule has 3 amide bonds. The number of imide groups is 1. The summed E-state index contributed by atoms with van der Waals surface area (Å²) in [5.41, 5.74) is 2.80. The number of rotatable bonds is 4. The van der Waals surface area contributed by atoms with Gasteiger partial charge in [-0.15, -0.1) is 0 Å². The fourth-order valence-electron chi connectivity index (χ4n) is 3.48. The van der Waals surface area contributed by atoms with E-state index in [0.717, 1.165) is 28.9 Å². The highest BCUT2D eigenvalue weighted by atomic mass is 16.2. The number of likely N-dealkylation sites (tertiary alicyclic amines) is 1. The van der Waals surface area contributed by atoms with E-state index >= 15 is 0 Å². The summed E-state index contributed by atoms with van der Waals surface area (Å²) in [5, 5.41) is 2.75. The summed E-state index contributed by atoms with van der Waals surface area (Å²) in [5.74, 6) is -1.13. The van der Waals surface area contributed by atoms with E-state index in [4.69, 9.17) is 0 Å². The van der Waals surface area contributed by atoms with Crippen LogP contribution in [0.1, 0.15) is 12.8 Å². The molecule has 1 saturated heterocycles. The quantitative estimate of drug-likeness (QED) is 0.874. The Bertz CT molecular complexity index is 808. The Labute approximate surface area is 145 Å². The van der Waals surface area contributed by atoms with Crippen LogP contribution in [0.4, 0.5) is 5.69 Å². The van der Waals surface area contributed by atoms with Crippen LogP contribution >= 0.6 is 0 Å². The first-order valence-electron chi connectivity index (χ1n) is 8.44. The van der Waals surface area contributed by atoms with Gasteiger partial charge in [0.2, 0.25) is 17.7 Å². The maximum absolute atomic E-state index is 12.2. The number of amides is 3. The number of hydrogen-bond donors (Lipinski definition) is 1. The summed E-state index contributed by atoms with van der Waals surface area (Å²) in [6.45, 7) is -0.203. The van der Waals surface area contributed by atoms with E-state index in [1.54, 1.807) is 0 Å². The molecule has 2 aromatic carbocycles. The first-order chi connectivity index (χ1) is 12.1. The average molecular weight is 334 g/mol. The van der Waals surface area contributed by atoms with Gasteiger partial charge in [-0.25, -0.2) is 0 Å². The van der Waals surface area contributed by atoms with Crippen molar-refractivity contribution in [3.05, 3.63) is 54.6 Å². The van der Waals surface area contributed by atoms with Crippen LogP contribution in [0.5, 0.6) is 0 Å². The predicted octanol–water partition coefficient (Wildman–Crippen LogP) is 2.69. The number of fused-ring (bicyclic) bond motifs is 1. The smallest absolute Gasteiger partial charge is 0.244 e. The van der Waals surface area contributed by atoms with E-state index in [1.165, 1.54) is 0 Å². The summed E-state index contributed by atoms with van der Waals surface area (Å²) in [4.78, 5) is 37.5. The molecule has 0 bridgehead atoms. The van der Waals surface area contributed by atoms with E-state index in [-0.39, 0.29) is 36.1 Å². The van der Waals surface area contributed by atoms with Gasteiger partial charge in [-0.3, -0.25) is 19.3 Å². The molecule has 1 N–H and O–H groups in total. The zero-order valence-corrected chi connectivity index (χ0v) is 13.6. The van der Waals surface area contributed by atoms with Gasteiger partial charge in [-0.2, -0.15) is 0 Å². The fourth-order valence-corrected chi connectivity index (χ4v) is 3.48. The summed E-state index contributed by atoms with van der Waals surface area (Å²) in [6, 6.07) is 17.4. The van der Waals surface area contributed by atoms with Crippen molar-refractivity contribution >= 4 is 23.4 Å². The van der Waals surface area contributed by atoms with Crippen LogP contribution in [-0.2, 0) is 14.4 Å². The lowest BCUT2D eigenvalue weighted by Gasteiger charge is -2.24. The van der Waals surface area contributed by atoms with Crippen molar-refractivity contribution in [3.8, 4) is 11.1 Å². The topological polar surface area (TPSA) is 66.5 Å². The second kappa shape index (κ2) is 6.16. The lowest BCUT2D eigenvalue weighted by atomic mass is 9.76. The van der Waals surface area contributed by atoms with Crippen LogP contribution in [0.25, 0.3) is 11.1 Å². The molecule has 2 atom stereocenters. The Morgan fingerprint density at radius 3 is 2.00 bits per heavy atom. The predicted molar refractivity (Wildman–Crippen MR) is 93.4 cm³/mol. The molecule has 2 aromatic rings. The number of hydrogen-bond acceptors (Lipinski definition) is 3. The molecule has 0 aromatic heterocycles. The molecular formula is C20H18N2O3. The summed E-state index contributed by atoms with van der Waals surface area (Å²) in [7, 11) is 0. The number of benzene rings is 2. The van der Waals surface area contributed by atoms with Gasteiger partial charge in [0.1, 0.15) is 6.54 Å². The molecule has 126 valence electrons. The van der Waals surface area contributed by atoms with Gasteiger partial charge < -0.3 is 5.32 Å². The van der Waals surface area contributed by atoms with Crippen molar-refractivity contribution < 1.29 is 14.4 Å². The van der Waals surface area contributed by atoms with Gasteiger partial charge in [0.15, 0.2) is 0 Å². The molecule has 1 aliphatic heterocycles. The first-order valence-corrected chi connectivity index (χ1v) is 8.44. The van der Waals surface area contributed by atoms with E-state index in [1.807, 2.05) is 54.6 Å². The summed E-state index contributed by atoms with van der Waals surface area (Å²) < 4.78 is 0. The minimum Gasteiger partial charge on any atom is -0.325 e. The van der Waals surface area contributed by atoms with Crippen molar-refractivity contribution in [1.82, 2.24) is 4.90 Å². The Balaban J connectivity index is 1.40. The second-order valence-electron chi connectivity index (χ2n) is 6.54. The molecule has 5 heteroatoms. The summed E-state index contributed by atoms with van der Waals surface area (Å²) >= 11 is 0. The standard InChI is InChI=1S/C20H18N2O3/c23-18(12-22-19(24)16-10-11-17(16)20(22)25)21-15-8-6-14(7-9-15)13-4-2-1-3-5-13/h1-9,16-17H,10-12H2,(H,21,23)/t16-,17+. The molecule has 1 heterocycles. The highest BCUT2D eigenvalue weighted by Crippen LogP contribution is 2.42. The third kappa shape index (κ3) is 2.82. The second-order valence-corrected chi connectivity index (χ2v) is 6.54. The molecule has 5 nitrogen and oxygen atoms in total. The van der Waals surface area contributed by atoms with Gasteiger partial charge in [-0.05, 0) is 36.1 Å². The fraction of sp³-hybridized carbons (Fsp3) is 0.250. The van der Waals surface area contributed by atoms with Gasteiger partial charge in [0, 0.05) is 5.69 Å². The Morgan fingerprint density at radius 1 is 0.880 bits per heavy atom. The molecule has 0 radical (unpaired) electrons. The Kier molecular flexibility index (Phi) is 3.84. The van der Waals surface area contributed by atoms with Crippen LogP contribution in [0, 0.1) is 11.8 Å². The number of nitrogens with one attached hydrogen (secondary N) is 1. The van der Waals surface area contributed by atoms with Crippen molar-refractivity contribution in [2.24, 2.45) is 11.8 Å². The summed E-state index contributed by atoms with van der Waals surface area (Å²) in [6.07, 6.45) is 1.52. The molecule has 4 rings (SSSR count). The molecule has 0 unspecified atom stereocenters. The Hall–Kier alpha value is -2.95. The van der Waals surface area contributed by atoms with Crippen molar-refractivity contribution in [1.29, 1.82) is 0 Å². The third-order valence-corrected chi connectivity index (χ3v) is 5.02. The van der Waals surface area contributed by atoms with Crippen molar-refractivity contribution in [2.75, 3.05) is 11.9 Å². The first kappa shape index (κ1) is 15.6. The van der Waals surface area contributed by atoms with Crippen LogP contribution < -0.4 is 5.32 Å². The van der Waals surface area contributed by atoms with Crippen LogP contribution in [-0.4, -0.2) is 29.2 Å². The van der Waals surface area contributed by atoms with Gasteiger partial charge >= 0.3 is 0 Å². The number of anilines is 1. The van der Waals surface area contributed by atoms with E-state index in [2.05, 4.69) is 5.32 Å². The number of carbonyl (C=O) groups excluding carboxylic acids is 3. The largest absolute Gasteiger partial charge is 0.325 e. The molecule has 0 spiro atoms. The zero-order valence-electron chi connectivity index (χ0n) is 13.6. The molecule has 2 aliphatic rings. The number of carbonyl (C=O) groups is 3. The zero-order chi connectivity index (χ0) is 17.4. The molecule has 25 heavy (non-hydrogen) atoms. The maximum Gasteiger partial charge on any atom is 0.244 e. The molecule has 2 fully saturated rings. The molecular weight excluding hydrogens is 316 g/mol. The number of nitrogens with zero attached hydrogens (tertiary/aromatic N) is 1. The van der Waals surface area contributed by atoms with Crippen LogP contribution in [0.3, 0.4) is 0 Å². The lowest BCUT2D eigenvalue weighted by molar-refractivity contribution is -0.142. The molecule has 1 saturated carbocycles. The minimum atomic E-state index is -0.351. The van der Waals surface area contributed by atoms with E-state index in [0.29, 0.717) is 5.69 Å². The highest BCUT2D eigenvalue weighted by molar-refractivity contribution is 6.09. The maximum atomic E-state index is 12.2. The van der Waals surface area contributed by atoms with Crippen molar-refractivity contribution in [2.45, 2.75) is 12.8 Å². The van der Waals surface area contributed by atoms with Gasteiger partial charge in [-0.1, -0.05) is 42.5 Å². The van der Waals surface area contributed by atoms with Crippen LogP contribution in [0.2, 0.25) is 0 Å². The van der Waals surface area contributed by atoms with Gasteiger partial charge in [0.05, 0.1) is 11.8 Å². The molecule has 1 aliphatic carbocycles. The van der Waals surface area contributed by atoms with Crippen LogP contribution in [0.15, 0.2) is 54.6 Å².